The van der Waals surface area contributed by atoms with Crippen LogP contribution in [0.4, 0.5) is 17.1 Å². The van der Waals surface area contributed by atoms with Crippen LogP contribution in [0.5, 0.6) is 0 Å². The van der Waals surface area contributed by atoms with Gasteiger partial charge in [-0.05, 0) is 104 Å². The first-order chi connectivity index (χ1) is 33.3. The number of para-hydroxylation sites is 2. The summed E-state index contributed by atoms with van der Waals surface area (Å²) in [7, 11) is 0. The first kappa shape index (κ1) is 38.7. The van der Waals surface area contributed by atoms with E-state index in [4.69, 9.17) is 0 Å². The third kappa shape index (κ3) is 6.11. The number of hydrogen-bond donors (Lipinski definition) is 0. The normalized spacial score (nSPS) is 14.0. The van der Waals surface area contributed by atoms with Gasteiger partial charge >= 0.3 is 0 Å². The van der Waals surface area contributed by atoms with Crippen molar-refractivity contribution in [2.24, 2.45) is 0 Å². The number of anilines is 3. The summed E-state index contributed by atoms with van der Waals surface area (Å²) in [4.78, 5) is 2.49. The second-order valence-electron chi connectivity index (χ2n) is 17.6. The zero-order chi connectivity index (χ0) is 44.3. The Morgan fingerprint density at radius 3 is 1.72 bits per heavy atom. The largest absolute Gasteiger partial charge is 0.310 e. The molecule has 2 heteroatoms. The van der Waals surface area contributed by atoms with Crippen LogP contribution in [0, 0.1) is 0 Å². The van der Waals surface area contributed by atoms with Crippen LogP contribution >= 0.6 is 0 Å². The van der Waals surface area contributed by atoms with Crippen LogP contribution in [0.15, 0.2) is 267 Å². The monoisotopic (exact) mass is 852 g/mol. The molecule has 2 nitrogen and oxygen atoms in total. The minimum Gasteiger partial charge on any atom is -0.310 e. The summed E-state index contributed by atoms with van der Waals surface area (Å²) in [5.41, 5.74) is 18.5. The van der Waals surface area contributed by atoms with E-state index < -0.39 is 5.41 Å². The summed E-state index contributed by atoms with van der Waals surface area (Å²) in [5, 5.41) is 4.82. The van der Waals surface area contributed by atoms with Crippen molar-refractivity contribution in [3.8, 4) is 39.1 Å². The highest BCUT2D eigenvalue weighted by Gasteiger charge is 2.46. The highest BCUT2D eigenvalue weighted by molar-refractivity contribution is 6.11. The number of nitrogens with zero attached hydrogens (tertiary/aromatic N) is 2. The molecule has 1 heterocycles. The number of aromatic nitrogens is 1. The molecule has 1 aromatic heterocycles. The molecule has 1 aliphatic carbocycles. The summed E-state index contributed by atoms with van der Waals surface area (Å²) in [6.45, 7) is 0. The fourth-order valence-corrected chi connectivity index (χ4v) is 11.2. The van der Waals surface area contributed by atoms with Crippen LogP contribution in [-0.4, -0.2) is 4.57 Å². The molecule has 1 atom stereocenters. The molecule has 0 aliphatic heterocycles. The Kier molecular flexibility index (Phi) is 9.11. The summed E-state index contributed by atoms with van der Waals surface area (Å²) in [6.07, 6.45) is 0. The van der Waals surface area contributed by atoms with Gasteiger partial charge in [0.05, 0.1) is 27.8 Å². The minimum absolute atomic E-state index is 0.601. The van der Waals surface area contributed by atoms with Crippen molar-refractivity contribution < 1.29 is 0 Å². The smallest absolute Gasteiger partial charge is 0.0714 e. The van der Waals surface area contributed by atoms with Gasteiger partial charge in [-0.2, -0.15) is 0 Å². The summed E-state index contributed by atoms with van der Waals surface area (Å²) >= 11 is 0. The van der Waals surface area contributed by atoms with Gasteiger partial charge in [0.1, 0.15) is 0 Å². The van der Waals surface area contributed by atoms with Gasteiger partial charge in [0, 0.05) is 33.1 Å². The summed E-state index contributed by atoms with van der Waals surface area (Å²) < 4.78 is 2.47. The van der Waals surface area contributed by atoms with Crippen molar-refractivity contribution in [2.45, 2.75) is 5.41 Å². The third-order valence-electron chi connectivity index (χ3n) is 14.0. The average Bonchev–Trinajstić information content (AvgIpc) is 3.89. The zero-order valence-electron chi connectivity index (χ0n) is 36.8. The molecule has 0 fully saturated rings. The van der Waals surface area contributed by atoms with Crippen LogP contribution in [0.25, 0.3) is 71.6 Å². The number of benzene rings is 11. The van der Waals surface area contributed by atoms with E-state index in [2.05, 4.69) is 276 Å². The van der Waals surface area contributed by atoms with Gasteiger partial charge in [-0.25, -0.2) is 0 Å². The lowest BCUT2D eigenvalue weighted by Gasteiger charge is -2.35. The lowest BCUT2D eigenvalue weighted by atomic mass is 9.67. The Hall–Kier alpha value is -8.72. The first-order valence-electron chi connectivity index (χ1n) is 23.2. The molecule has 0 saturated carbocycles. The van der Waals surface area contributed by atoms with Crippen molar-refractivity contribution in [3.63, 3.8) is 0 Å². The standard InChI is InChI=1S/C65H44N2/c1-4-20-45(21-5-1)48-26-18-29-50(42-48)65(49-27-8-3-9-28-49)59-34-15-12-32-55(59)56-40-38-51(43-60(56)65)66(61-37-19-25-47-24-10-11-30-53(47)61)52-39-41-58-57-33-14-17-36-63(57)67(64(58)44-52)62-35-16-13-31-54(62)46-22-6-2-7-23-46/h1-44H. The van der Waals surface area contributed by atoms with Crippen molar-refractivity contribution in [1.29, 1.82) is 0 Å². The fraction of sp³-hybridized carbons (Fsp3) is 0.0154. The van der Waals surface area contributed by atoms with Crippen LogP contribution in [0.3, 0.4) is 0 Å². The van der Waals surface area contributed by atoms with Crippen molar-refractivity contribution >= 4 is 49.6 Å². The average molecular weight is 853 g/mol. The Balaban J connectivity index is 1.09. The van der Waals surface area contributed by atoms with E-state index in [0.29, 0.717) is 0 Å². The van der Waals surface area contributed by atoms with Gasteiger partial charge in [0.15, 0.2) is 0 Å². The highest BCUT2D eigenvalue weighted by Crippen LogP contribution is 2.58. The molecule has 12 aromatic rings. The highest BCUT2D eigenvalue weighted by atomic mass is 15.1. The Bertz CT molecular complexity index is 3810. The van der Waals surface area contributed by atoms with E-state index in [1.165, 1.54) is 82.7 Å². The molecule has 0 saturated heterocycles. The predicted octanol–water partition coefficient (Wildman–Crippen LogP) is 17.1. The van der Waals surface area contributed by atoms with Gasteiger partial charge in [0.25, 0.3) is 0 Å². The minimum atomic E-state index is -0.601. The second-order valence-corrected chi connectivity index (χ2v) is 17.6. The zero-order valence-corrected chi connectivity index (χ0v) is 36.8. The molecule has 11 aromatic carbocycles. The van der Waals surface area contributed by atoms with Crippen molar-refractivity contribution in [3.05, 3.63) is 289 Å². The predicted molar refractivity (Wildman–Crippen MR) is 281 cm³/mol. The first-order valence-corrected chi connectivity index (χ1v) is 23.2. The summed E-state index contributed by atoms with van der Waals surface area (Å²) in [5.74, 6) is 0. The Morgan fingerprint density at radius 2 is 0.881 bits per heavy atom. The van der Waals surface area contributed by atoms with E-state index in [-0.39, 0.29) is 0 Å². The van der Waals surface area contributed by atoms with Gasteiger partial charge < -0.3 is 9.47 Å². The molecule has 13 rings (SSSR count). The lowest BCUT2D eigenvalue weighted by Crippen LogP contribution is -2.29. The van der Waals surface area contributed by atoms with Crippen molar-refractivity contribution in [2.75, 3.05) is 4.90 Å². The molecule has 0 N–H and O–H groups in total. The maximum absolute atomic E-state index is 2.49. The molecule has 1 aliphatic rings. The third-order valence-corrected chi connectivity index (χ3v) is 14.0. The van der Waals surface area contributed by atoms with E-state index in [0.717, 1.165) is 28.3 Å². The number of rotatable bonds is 8. The number of hydrogen-bond acceptors (Lipinski definition) is 1. The maximum atomic E-state index is 2.49. The molecule has 314 valence electrons. The van der Waals surface area contributed by atoms with Crippen LogP contribution in [-0.2, 0) is 5.41 Å². The number of fused-ring (bicyclic) bond motifs is 7. The molecule has 0 radical (unpaired) electrons. The molecular weight excluding hydrogens is 809 g/mol. The maximum Gasteiger partial charge on any atom is 0.0714 e. The molecule has 0 bridgehead atoms. The van der Waals surface area contributed by atoms with Gasteiger partial charge in [-0.3, -0.25) is 0 Å². The molecular formula is C65H44N2. The lowest BCUT2D eigenvalue weighted by molar-refractivity contribution is 0.769. The van der Waals surface area contributed by atoms with Crippen molar-refractivity contribution in [1.82, 2.24) is 4.57 Å². The molecule has 0 amide bonds. The molecule has 1 unspecified atom stereocenters. The fourth-order valence-electron chi connectivity index (χ4n) is 11.2. The molecule has 67 heavy (non-hydrogen) atoms. The van der Waals surface area contributed by atoms with E-state index in [1.807, 2.05) is 0 Å². The van der Waals surface area contributed by atoms with Gasteiger partial charge in [-0.15, -0.1) is 0 Å². The van der Waals surface area contributed by atoms with E-state index in [9.17, 15) is 0 Å². The van der Waals surface area contributed by atoms with Crippen LogP contribution < -0.4 is 4.90 Å². The topological polar surface area (TPSA) is 8.17 Å². The Labute approximate surface area is 390 Å². The quantitative estimate of drug-likeness (QED) is 0.148. The van der Waals surface area contributed by atoms with Gasteiger partial charge in [-0.1, -0.05) is 218 Å². The molecule has 0 spiro atoms. The Morgan fingerprint density at radius 1 is 0.313 bits per heavy atom. The SMILES string of the molecule is c1ccc(-c2cccc(C3(c4ccccc4)c4ccccc4-c4ccc(N(c5ccc6c7ccccc7n(-c7ccccc7-c7ccccc7)c6c5)c5cccc6ccccc56)cc43)c2)cc1. The van der Waals surface area contributed by atoms with Crippen LogP contribution in [0.2, 0.25) is 0 Å². The van der Waals surface area contributed by atoms with Crippen LogP contribution in [0.1, 0.15) is 22.3 Å². The second kappa shape index (κ2) is 15.8. The van der Waals surface area contributed by atoms with Gasteiger partial charge in [0.2, 0.25) is 0 Å². The van der Waals surface area contributed by atoms with E-state index in [1.54, 1.807) is 0 Å². The summed E-state index contributed by atoms with van der Waals surface area (Å²) in [6, 6.07) is 98.3. The van der Waals surface area contributed by atoms with E-state index >= 15 is 0 Å².